The summed E-state index contributed by atoms with van der Waals surface area (Å²) in [5.41, 5.74) is 3.06. The molecular formula is C27H20Cl2N4OS. The summed E-state index contributed by atoms with van der Waals surface area (Å²) < 4.78 is 7.87. The molecule has 8 heteroatoms. The first kappa shape index (κ1) is 23.4. The molecule has 0 aliphatic carbocycles. The highest BCUT2D eigenvalue weighted by molar-refractivity contribution is 7.98. The summed E-state index contributed by atoms with van der Waals surface area (Å²) in [6.45, 7) is 0.422. The number of nitrogens with zero attached hydrogens (tertiary/aromatic N) is 4. The number of thioether (sulfide) groups is 1. The zero-order valence-electron chi connectivity index (χ0n) is 18.5. The number of aromatic nitrogens is 3. The van der Waals surface area contributed by atoms with Crippen molar-refractivity contribution < 1.29 is 4.74 Å². The van der Waals surface area contributed by atoms with Gasteiger partial charge in [0.05, 0.1) is 6.21 Å². The highest BCUT2D eigenvalue weighted by atomic mass is 35.5. The van der Waals surface area contributed by atoms with Crippen molar-refractivity contribution in [2.75, 3.05) is 0 Å². The smallest absolute Gasteiger partial charge is 0.212 e. The van der Waals surface area contributed by atoms with E-state index in [2.05, 4.69) is 33.5 Å². The molecule has 0 atom stereocenters. The second kappa shape index (κ2) is 11.0. The Kier molecular flexibility index (Phi) is 7.33. The third-order valence-electron chi connectivity index (χ3n) is 5.33. The van der Waals surface area contributed by atoms with Gasteiger partial charge in [-0.05, 0) is 52.2 Å². The summed E-state index contributed by atoms with van der Waals surface area (Å²) in [5.74, 6) is 1.47. The number of hydrogen-bond acceptors (Lipinski definition) is 5. The topological polar surface area (TPSA) is 52.3 Å². The predicted octanol–water partition coefficient (Wildman–Crippen LogP) is 7.49. The molecule has 4 aromatic carbocycles. The Balaban J connectivity index is 1.39. The zero-order valence-corrected chi connectivity index (χ0v) is 20.8. The number of rotatable bonds is 8. The van der Waals surface area contributed by atoms with Gasteiger partial charge in [0.15, 0.2) is 0 Å². The van der Waals surface area contributed by atoms with Gasteiger partial charge >= 0.3 is 0 Å². The van der Waals surface area contributed by atoms with Crippen LogP contribution in [0.15, 0.2) is 102 Å². The van der Waals surface area contributed by atoms with Crippen molar-refractivity contribution in [3.63, 3.8) is 0 Å². The summed E-state index contributed by atoms with van der Waals surface area (Å²) in [6.07, 6.45) is 3.40. The fraction of sp³-hybridized carbons (Fsp3) is 0.0741. The lowest BCUT2D eigenvalue weighted by Gasteiger charge is -2.12. The van der Waals surface area contributed by atoms with Gasteiger partial charge in [0.2, 0.25) is 5.16 Å². The Hall–Kier alpha value is -3.32. The Morgan fingerprint density at radius 3 is 2.34 bits per heavy atom. The van der Waals surface area contributed by atoms with Gasteiger partial charge in [-0.2, -0.15) is 9.78 Å². The van der Waals surface area contributed by atoms with Gasteiger partial charge in [0.1, 0.15) is 18.7 Å². The van der Waals surface area contributed by atoms with Crippen LogP contribution >= 0.6 is 35.0 Å². The van der Waals surface area contributed by atoms with Crippen LogP contribution in [0, 0.1) is 0 Å². The van der Waals surface area contributed by atoms with E-state index in [1.165, 1.54) is 0 Å². The standard InChI is InChI=1S/C27H20Cl2N4OS/c28-22-10-5-19(6-11-22)16-34-26-14-9-21-3-1-2-4-24(21)25(26)15-31-33-18-30-32-27(33)35-17-20-7-12-23(29)13-8-20/h1-15,18H,16-17H2/b31-15+. The molecule has 0 bridgehead atoms. The molecule has 0 aliphatic rings. The quantitative estimate of drug-likeness (QED) is 0.157. The van der Waals surface area contributed by atoms with E-state index in [9.17, 15) is 0 Å². The molecule has 5 aromatic rings. The maximum atomic E-state index is 6.20. The molecule has 0 fully saturated rings. The largest absolute Gasteiger partial charge is 0.488 e. The lowest BCUT2D eigenvalue weighted by Crippen LogP contribution is -2.00. The molecule has 0 saturated carbocycles. The second-order valence-corrected chi connectivity index (χ2v) is 9.55. The zero-order chi connectivity index (χ0) is 24.0. The van der Waals surface area contributed by atoms with Gasteiger partial charge < -0.3 is 4.74 Å². The minimum atomic E-state index is 0.422. The van der Waals surface area contributed by atoms with E-state index in [1.807, 2.05) is 66.7 Å². The molecule has 0 unspecified atom stereocenters. The van der Waals surface area contributed by atoms with Crippen LogP contribution in [0.5, 0.6) is 5.75 Å². The average molecular weight is 519 g/mol. The number of hydrogen-bond donors (Lipinski definition) is 0. The molecule has 0 spiro atoms. The fourth-order valence-electron chi connectivity index (χ4n) is 3.52. The van der Waals surface area contributed by atoms with Crippen LogP contribution in [0.25, 0.3) is 10.8 Å². The SMILES string of the molecule is Clc1ccc(COc2ccc3ccccc3c2/C=N/n2cnnc2SCc2ccc(Cl)cc2)cc1. The van der Waals surface area contributed by atoms with Crippen LogP contribution in [-0.2, 0) is 12.4 Å². The Morgan fingerprint density at radius 2 is 1.57 bits per heavy atom. The molecule has 0 saturated heterocycles. The van der Waals surface area contributed by atoms with E-state index in [0.717, 1.165) is 44.0 Å². The van der Waals surface area contributed by atoms with Crippen LogP contribution < -0.4 is 4.74 Å². The summed E-state index contributed by atoms with van der Waals surface area (Å²) in [7, 11) is 0. The molecule has 0 aliphatic heterocycles. The van der Waals surface area contributed by atoms with Gasteiger partial charge in [0.25, 0.3) is 0 Å². The van der Waals surface area contributed by atoms with E-state index in [1.54, 1.807) is 29.0 Å². The van der Waals surface area contributed by atoms with Crippen molar-refractivity contribution in [2.45, 2.75) is 17.5 Å². The van der Waals surface area contributed by atoms with Crippen LogP contribution in [0.4, 0.5) is 0 Å². The molecule has 1 heterocycles. The van der Waals surface area contributed by atoms with Gasteiger partial charge in [-0.15, -0.1) is 10.2 Å². The Morgan fingerprint density at radius 1 is 0.857 bits per heavy atom. The monoisotopic (exact) mass is 518 g/mol. The third kappa shape index (κ3) is 5.85. The van der Waals surface area contributed by atoms with Gasteiger partial charge in [0, 0.05) is 21.4 Å². The van der Waals surface area contributed by atoms with E-state index in [4.69, 9.17) is 27.9 Å². The van der Waals surface area contributed by atoms with Crippen molar-refractivity contribution in [1.29, 1.82) is 0 Å². The highest BCUT2D eigenvalue weighted by Gasteiger charge is 2.10. The number of halogens is 2. The number of ether oxygens (including phenoxy) is 1. The Labute approximate surface area is 217 Å². The van der Waals surface area contributed by atoms with E-state index in [0.29, 0.717) is 16.8 Å². The average Bonchev–Trinajstić information content (AvgIpc) is 3.34. The van der Waals surface area contributed by atoms with Crippen LogP contribution in [-0.4, -0.2) is 21.1 Å². The maximum Gasteiger partial charge on any atom is 0.212 e. The van der Waals surface area contributed by atoms with Crippen molar-refractivity contribution in [3.8, 4) is 5.75 Å². The van der Waals surface area contributed by atoms with Crippen molar-refractivity contribution in [1.82, 2.24) is 14.9 Å². The molecule has 1 aromatic heterocycles. The maximum absolute atomic E-state index is 6.20. The minimum Gasteiger partial charge on any atom is -0.488 e. The summed E-state index contributed by atoms with van der Waals surface area (Å²) in [5, 5.41) is 17.2. The summed E-state index contributed by atoms with van der Waals surface area (Å²) >= 11 is 13.5. The number of benzene rings is 4. The van der Waals surface area contributed by atoms with Gasteiger partial charge in [-0.25, -0.2) is 0 Å². The molecule has 0 N–H and O–H groups in total. The molecule has 5 nitrogen and oxygen atoms in total. The van der Waals surface area contributed by atoms with Crippen molar-refractivity contribution in [3.05, 3.63) is 118 Å². The molecule has 35 heavy (non-hydrogen) atoms. The van der Waals surface area contributed by atoms with E-state index in [-0.39, 0.29) is 0 Å². The van der Waals surface area contributed by atoms with Crippen LogP contribution in [0.2, 0.25) is 10.0 Å². The van der Waals surface area contributed by atoms with Crippen molar-refractivity contribution >= 4 is 52.0 Å². The van der Waals surface area contributed by atoms with E-state index < -0.39 is 0 Å². The Bertz CT molecular complexity index is 1470. The fourth-order valence-corrected chi connectivity index (χ4v) is 4.59. The highest BCUT2D eigenvalue weighted by Crippen LogP contribution is 2.28. The molecular weight excluding hydrogens is 499 g/mol. The summed E-state index contributed by atoms with van der Waals surface area (Å²) in [4.78, 5) is 0. The minimum absolute atomic E-state index is 0.422. The normalized spacial score (nSPS) is 11.4. The number of fused-ring (bicyclic) bond motifs is 1. The molecule has 0 radical (unpaired) electrons. The predicted molar refractivity (Wildman–Crippen MR) is 144 cm³/mol. The van der Waals surface area contributed by atoms with Crippen molar-refractivity contribution in [2.24, 2.45) is 5.10 Å². The second-order valence-electron chi connectivity index (χ2n) is 7.73. The van der Waals surface area contributed by atoms with Gasteiger partial charge in [-0.3, -0.25) is 0 Å². The molecule has 5 rings (SSSR count). The molecule has 0 amide bonds. The lowest BCUT2D eigenvalue weighted by molar-refractivity contribution is 0.306. The van der Waals surface area contributed by atoms with Crippen LogP contribution in [0.1, 0.15) is 16.7 Å². The van der Waals surface area contributed by atoms with Gasteiger partial charge in [-0.1, -0.05) is 89.6 Å². The van der Waals surface area contributed by atoms with E-state index >= 15 is 0 Å². The first-order valence-electron chi connectivity index (χ1n) is 10.9. The summed E-state index contributed by atoms with van der Waals surface area (Å²) in [6, 6.07) is 27.6. The molecule has 174 valence electrons. The first-order chi connectivity index (χ1) is 17.2. The lowest BCUT2D eigenvalue weighted by atomic mass is 10.0. The first-order valence-corrected chi connectivity index (χ1v) is 12.6. The van der Waals surface area contributed by atoms with Crippen LogP contribution in [0.3, 0.4) is 0 Å². The third-order valence-corrected chi connectivity index (χ3v) is 6.84.